The van der Waals surface area contributed by atoms with Crippen LogP contribution in [0.3, 0.4) is 0 Å². The maximum Gasteiger partial charge on any atom is 0.270 e. The second kappa shape index (κ2) is 5.57. The number of nitrogens with zero attached hydrogens (tertiary/aromatic N) is 1. The lowest BCUT2D eigenvalue weighted by Crippen LogP contribution is -2.46. The molecule has 6 heteroatoms. The summed E-state index contributed by atoms with van der Waals surface area (Å²) in [4.78, 5) is 36.8. The van der Waals surface area contributed by atoms with Crippen molar-refractivity contribution in [2.45, 2.75) is 19.8 Å². The number of amides is 3. The molecule has 1 aliphatic carbocycles. The lowest BCUT2D eigenvalue weighted by Gasteiger charge is -2.18. The fourth-order valence-electron chi connectivity index (χ4n) is 2.92. The normalized spacial score (nSPS) is 24.1. The molecule has 0 aromatic heterocycles. The third-order valence-corrected chi connectivity index (χ3v) is 4.39. The summed E-state index contributed by atoms with van der Waals surface area (Å²) in [6, 6.07) is 6.25. The number of hydrogen-bond donors (Lipinski definition) is 1. The van der Waals surface area contributed by atoms with Crippen molar-refractivity contribution in [3.8, 4) is 0 Å². The Labute approximate surface area is 132 Å². The van der Waals surface area contributed by atoms with Gasteiger partial charge in [-0.25, -0.2) is 0 Å². The molecule has 0 radical (unpaired) electrons. The number of nitrogens with one attached hydrogen (secondary N) is 1. The second-order valence-electron chi connectivity index (χ2n) is 5.66. The Morgan fingerprint density at radius 3 is 2.50 bits per heavy atom. The van der Waals surface area contributed by atoms with Crippen LogP contribution in [0.2, 0.25) is 5.02 Å². The summed E-state index contributed by atoms with van der Waals surface area (Å²) < 4.78 is 0. The van der Waals surface area contributed by atoms with Crippen LogP contribution in [-0.4, -0.2) is 22.7 Å². The van der Waals surface area contributed by atoms with Crippen molar-refractivity contribution >= 4 is 29.3 Å². The first-order valence-electron chi connectivity index (χ1n) is 7.07. The van der Waals surface area contributed by atoms with E-state index in [1.807, 2.05) is 13.0 Å². The van der Waals surface area contributed by atoms with Gasteiger partial charge in [0.1, 0.15) is 0 Å². The predicted molar refractivity (Wildman–Crippen MR) is 80.7 cm³/mol. The fourth-order valence-corrected chi connectivity index (χ4v) is 3.04. The molecule has 0 saturated carbocycles. The van der Waals surface area contributed by atoms with E-state index < -0.39 is 5.91 Å². The van der Waals surface area contributed by atoms with Crippen LogP contribution in [0.5, 0.6) is 0 Å². The van der Waals surface area contributed by atoms with E-state index in [0.29, 0.717) is 23.4 Å². The van der Waals surface area contributed by atoms with E-state index in [2.05, 4.69) is 5.43 Å². The molecule has 3 rings (SSSR count). The van der Waals surface area contributed by atoms with Crippen molar-refractivity contribution in [2.75, 3.05) is 0 Å². The highest BCUT2D eigenvalue weighted by molar-refractivity contribution is 6.30. The van der Waals surface area contributed by atoms with E-state index >= 15 is 0 Å². The zero-order valence-corrected chi connectivity index (χ0v) is 12.8. The minimum absolute atomic E-state index is 0.329. The van der Waals surface area contributed by atoms with Crippen LogP contribution >= 0.6 is 11.6 Å². The van der Waals surface area contributed by atoms with Crippen molar-refractivity contribution < 1.29 is 14.4 Å². The minimum atomic E-state index is -0.498. The molecule has 1 aliphatic heterocycles. The third kappa shape index (κ3) is 2.52. The largest absolute Gasteiger partial charge is 0.272 e. The standard InChI is InChI=1S/C16H15ClN2O3/c1-9-2-7-12-13(8-9)16(22)19(15(12)21)18-14(20)10-3-5-11(17)6-4-10/h2-6,12-13H,7-8H2,1H3,(H,18,20)/t12-,13+/m0/s1. The number of halogens is 1. The summed E-state index contributed by atoms with van der Waals surface area (Å²) in [7, 11) is 0. The van der Waals surface area contributed by atoms with Crippen LogP contribution in [0.4, 0.5) is 0 Å². The first kappa shape index (κ1) is 14.8. The van der Waals surface area contributed by atoms with Crippen LogP contribution in [0.15, 0.2) is 35.9 Å². The Morgan fingerprint density at radius 1 is 1.18 bits per heavy atom. The lowest BCUT2D eigenvalue weighted by atomic mass is 9.82. The van der Waals surface area contributed by atoms with Crippen LogP contribution in [0, 0.1) is 11.8 Å². The highest BCUT2D eigenvalue weighted by Crippen LogP contribution is 2.36. The number of allylic oxidation sites excluding steroid dienone is 2. The Hall–Kier alpha value is -2.14. The number of benzene rings is 1. The summed E-state index contributed by atoms with van der Waals surface area (Å²) >= 11 is 5.77. The molecule has 1 heterocycles. The molecule has 5 nitrogen and oxygen atoms in total. The van der Waals surface area contributed by atoms with Crippen LogP contribution < -0.4 is 5.43 Å². The van der Waals surface area contributed by atoms with E-state index in [9.17, 15) is 14.4 Å². The van der Waals surface area contributed by atoms with Crippen LogP contribution in [-0.2, 0) is 9.59 Å². The maximum atomic E-state index is 12.4. The van der Waals surface area contributed by atoms with E-state index in [1.54, 1.807) is 24.3 Å². The molecule has 114 valence electrons. The number of carbonyl (C=O) groups excluding carboxylic acids is 3. The number of hydrazine groups is 1. The van der Waals surface area contributed by atoms with Gasteiger partial charge in [0.15, 0.2) is 0 Å². The number of hydrogen-bond acceptors (Lipinski definition) is 3. The van der Waals surface area contributed by atoms with Crippen molar-refractivity contribution in [3.63, 3.8) is 0 Å². The summed E-state index contributed by atoms with van der Waals surface area (Å²) in [5.41, 5.74) is 3.86. The van der Waals surface area contributed by atoms with Gasteiger partial charge in [-0.1, -0.05) is 23.3 Å². The van der Waals surface area contributed by atoms with Gasteiger partial charge < -0.3 is 0 Å². The van der Waals surface area contributed by atoms with E-state index in [4.69, 9.17) is 11.6 Å². The van der Waals surface area contributed by atoms with Gasteiger partial charge in [-0.3, -0.25) is 19.8 Å². The summed E-state index contributed by atoms with van der Waals surface area (Å²) in [6.45, 7) is 1.95. The molecule has 1 N–H and O–H groups in total. The average Bonchev–Trinajstić information content (AvgIpc) is 2.72. The van der Waals surface area contributed by atoms with E-state index in [0.717, 1.165) is 10.6 Å². The Morgan fingerprint density at radius 2 is 1.82 bits per heavy atom. The smallest absolute Gasteiger partial charge is 0.270 e. The molecule has 1 fully saturated rings. The predicted octanol–water partition coefficient (Wildman–Crippen LogP) is 2.33. The zero-order valence-electron chi connectivity index (χ0n) is 12.0. The summed E-state index contributed by atoms with van der Waals surface area (Å²) in [5.74, 6) is -1.88. The molecule has 1 aromatic carbocycles. The SMILES string of the molecule is CC1=CC[C@@H]2C(=O)N(NC(=O)c3ccc(Cl)cc3)C(=O)[C@@H]2C1. The van der Waals surface area contributed by atoms with Gasteiger partial charge >= 0.3 is 0 Å². The second-order valence-corrected chi connectivity index (χ2v) is 6.10. The molecule has 2 aliphatic rings. The Balaban J connectivity index is 1.76. The van der Waals surface area contributed by atoms with Crippen molar-refractivity contribution in [1.29, 1.82) is 0 Å². The zero-order chi connectivity index (χ0) is 15.9. The highest BCUT2D eigenvalue weighted by Gasteiger charge is 2.48. The van der Waals surface area contributed by atoms with Crippen molar-refractivity contribution in [3.05, 3.63) is 46.5 Å². The molecule has 3 amide bonds. The third-order valence-electron chi connectivity index (χ3n) is 4.14. The number of imide groups is 1. The monoisotopic (exact) mass is 318 g/mol. The molecule has 22 heavy (non-hydrogen) atoms. The molecular weight excluding hydrogens is 304 g/mol. The quantitative estimate of drug-likeness (QED) is 0.672. The van der Waals surface area contributed by atoms with Gasteiger partial charge in [-0.2, -0.15) is 5.01 Å². The van der Waals surface area contributed by atoms with Crippen molar-refractivity contribution in [1.82, 2.24) is 10.4 Å². The van der Waals surface area contributed by atoms with Gasteiger partial charge in [-0.05, 0) is 44.0 Å². The molecule has 0 bridgehead atoms. The molecule has 0 unspecified atom stereocenters. The van der Waals surface area contributed by atoms with Crippen LogP contribution in [0.1, 0.15) is 30.1 Å². The van der Waals surface area contributed by atoms with Gasteiger partial charge in [0.2, 0.25) is 0 Å². The first-order chi connectivity index (χ1) is 10.5. The maximum absolute atomic E-state index is 12.4. The Bertz CT molecular complexity index is 681. The molecule has 1 saturated heterocycles. The van der Waals surface area contributed by atoms with Gasteiger partial charge in [0, 0.05) is 10.6 Å². The molecule has 2 atom stereocenters. The van der Waals surface area contributed by atoms with Gasteiger partial charge in [0.05, 0.1) is 11.8 Å². The summed E-state index contributed by atoms with van der Waals surface area (Å²) in [6.07, 6.45) is 3.10. The minimum Gasteiger partial charge on any atom is -0.272 e. The molecule has 1 aromatic rings. The Kier molecular flexibility index (Phi) is 3.74. The molecular formula is C16H15ClN2O3. The van der Waals surface area contributed by atoms with Gasteiger partial charge in [-0.15, -0.1) is 0 Å². The van der Waals surface area contributed by atoms with E-state index in [1.165, 1.54) is 0 Å². The lowest BCUT2D eigenvalue weighted by molar-refractivity contribution is -0.142. The highest BCUT2D eigenvalue weighted by atomic mass is 35.5. The van der Waals surface area contributed by atoms with Crippen molar-refractivity contribution in [2.24, 2.45) is 11.8 Å². The average molecular weight is 319 g/mol. The molecule has 0 spiro atoms. The summed E-state index contributed by atoms with van der Waals surface area (Å²) in [5, 5.41) is 1.39. The van der Waals surface area contributed by atoms with Gasteiger partial charge in [0.25, 0.3) is 17.7 Å². The topological polar surface area (TPSA) is 66.5 Å². The van der Waals surface area contributed by atoms with Crippen LogP contribution in [0.25, 0.3) is 0 Å². The number of fused-ring (bicyclic) bond motifs is 1. The number of carbonyl (C=O) groups is 3. The fraction of sp³-hybridized carbons (Fsp3) is 0.312. The number of rotatable bonds is 2. The van der Waals surface area contributed by atoms with E-state index in [-0.39, 0.29) is 23.7 Å². The first-order valence-corrected chi connectivity index (χ1v) is 7.45.